The Morgan fingerprint density at radius 1 is 1.30 bits per heavy atom. The highest BCUT2D eigenvalue weighted by Crippen LogP contribution is 2.30. The number of hydrogen-bond acceptors (Lipinski definition) is 4. The minimum absolute atomic E-state index is 0.201. The SMILES string of the molecule is CC(C)C(=O)N(CC(F)(F)F)[C@H]1CCN(c2nc3ccccc3nc2Cl)C1. The number of nitrogens with zero attached hydrogens (tertiary/aromatic N) is 4. The van der Waals surface area contributed by atoms with Crippen LogP contribution in [0, 0.1) is 5.92 Å². The molecule has 0 bridgehead atoms. The minimum Gasteiger partial charge on any atom is -0.352 e. The number of hydrogen-bond donors (Lipinski definition) is 0. The van der Waals surface area contributed by atoms with Crippen molar-refractivity contribution in [3.05, 3.63) is 29.4 Å². The van der Waals surface area contributed by atoms with Crippen molar-refractivity contribution in [3.8, 4) is 0 Å². The number of carbonyl (C=O) groups is 1. The van der Waals surface area contributed by atoms with E-state index in [1.807, 2.05) is 12.1 Å². The Kier molecular flexibility index (Phi) is 5.46. The molecule has 1 aromatic heterocycles. The summed E-state index contributed by atoms with van der Waals surface area (Å²) in [5.41, 5.74) is 1.31. The summed E-state index contributed by atoms with van der Waals surface area (Å²) in [6.45, 7) is 2.65. The summed E-state index contributed by atoms with van der Waals surface area (Å²) in [6, 6.07) is 6.69. The number of alkyl halides is 3. The molecule has 1 aliphatic heterocycles. The molecule has 0 radical (unpaired) electrons. The number of benzene rings is 1. The average molecular weight is 401 g/mol. The van der Waals surface area contributed by atoms with Crippen molar-refractivity contribution in [3.63, 3.8) is 0 Å². The number of halogens is 4. The van der Waals surface area contributed by atoms with Crippen molar-refractivity contribution >= 4 is 34.4 Å². The summed E-state index contributed by atoms with van der Waals surface area (Å²) in [6.07, 6.45) is -4.03. The smallest absolute Gasteiger partial charge is 0.352 e. The molecule has 2 heterocycles. The predicted molar refractivity (Wildman–Crippen MR) is 97.8 cm³/mol. The molecule has 2 aromatic rings. The van der Waals surface area contributed by atoms with Crippen molar-refractivity contribution < 1.29 is 18.0 Å². The molecule has 0 spiro atoms. The van der Waals surface area contributed by atoms with Gasteiger partial charge in [0.05, 0.1) is 17.1 Å². The lowest BCUT2D eigenvalue weighted by Gasteiger charge is -2.31. The second kappa shape index (κ2) is 7.50. The Morgan fingerprint density at radius 2 is 1.93 bits per heavy atom. The van der Waals surface area contributed by atoms with Gasteiger partial charge < -0.3 is 9.80 Å². The fourth-order valence-electron chi connectivity index (χ4n) is 3.27. The molecule has 146 valence electrons. The number of amides is 1. The molecule has 0 saturated carbocycles. The van der Waals surface area contributed by atoms with Gasteiger partial charge >= 0.3 is 6.18 Å². The lowest BCUT2D eigenvalue weighted by molar-refractivity contribution is -0.167. The molecule has 3 rings (SSSR count). The molecule has 1 atom stereocenters. The predicted octanol–water partition coefficient (Wildman–Crippen LogP) is 3.91. The molecule has 5 nitrogen and oxygen atoms in total. The first-order valence-electron chi connectivity index (χ1n) is 8.70. The molecule has 0 unspecified atom stereocenters. The lowest BCUT2D eigenvalue weighted by atomic mass is 10.1. The van der Waals surface area contributed by atoms with E-state index in [1.54, 1.807) is 30.9 Å². The van der Waals surface area contributed by atoms with E-state index in [0.717, 1.165) is 4.90 Å². The zero-order chi connectivity index (χ0) is 19.8. The maximum Gasteiger partial charge on any atom is 0.406 e. The van der Waals surface area contributed by atoms with Gasteiger partial charge in [-0.3, -0.25) is 4.79 Å². The van der Waals surface area contributed by atoms with Gasteiger partial charge in [0.25, 0.3) is 0 Å². The highest BCUT2D eigenvalue weighted by atomic mass is 35.5. The second-order valence-electron chi connectivity index (χ2n) is 6.95. The number of para-hydroxylation sites is 2. The summed E-state index contributed by atoms with van der Waals surface area (Å²) >= 11 is 6.25. The van der Waals surface area contributed by atoms with Crippen LogP contribution in [0.5, 0.6) is 0 Å². The van der Waals surface area contributed by atoms with Gasteiger partial charge in [0.2, 0.25) is 5.91 Å². The van der Waals surface area contributed by atoms with Gasteiger partial charge in [0.15, 0.2) is 11.0 Å². The summed E-state index contributed by atoms with van der Waals surface area (Å²) in [4.78, 5) is 23.9. The standard InChI is InChI=1S/C18H20ClF3N4O/c1-11(2)17(27)26(10-18(20,21)22)12-7-8-25(9-12)16-15(19)23-13-5-3-4-6-14(13)24-16/h3-6,11-12H,7-10H2,1-2H3/t12-/m0/s1. The summed E-state index contributed by atoms with van der Waals surface area (Å²) < 4.78 is 39.0. The summed E-state index contributed by atoms with van der Waals surface area (Å²) in [7, 11) is 0. The zero-order valence-electron chi connectivity index (χ0n) is 15.0. The van der Waals surface area contributed by atoms with Crippen LogP contribution in [0.3, 0.4) is 0 Å². The van der Waals surface area contributed by atoms with Gasteiger partial charge in [-0.2, -0.15) is 13.2 Å². The third kappa shape index (κ3) is 4.43. The zero-order valence-corrected chi connectivity index (χ0v) is 15.8. The van der Waals surface area contributed by atoms with Crippen molar-refractivity contribution in [1.82, 2.24) is 14.9 Å². The van der Waals surface area contributed by atoms with E-state index in [0.29, 0.717) is 29.8 Å². The molecule has 0 N–H and O–H groups in total. The average Bonchev–Trinajstić information content (AvgIpc) is 3.07. The van der Waals surface area contributed by atoms with E-state index in [9.17, 15) is 18.0 Å². The fraction of sp³-hybridized carbons (Fsp3) is 0.500. The van der Waals surface area contributed by atoms with Gasteiger partial charge in [-0.25, -0.2) is 9.97 Å². The quantitative estimate of drug-likeness (QED) is 0.780. The molecule has 1 fully saturated rings. The molecule has 1 saturated heterocycles. The first-order chi connectivity index (χ1) is 12.7. The highest BCUT2D eigenvalue weighted by molar-refractivity contribution is 6.32. The van der Waals surface area contributed by atoms with Crippen molar-refractivity contribution in [2.24, 2.45) is 5.92 Å². The van der Waals surface area contributed by atoms with Crippen molar-refractivity contribution in [2.45, 2.75) is 32.5 Å². The van der Waals surface area contributed by atoms with Gasteiger partial charge in [-0.15, -0.1) is 0 Å². The van der Waals surface area contributed by atoms with Crippen LogP contribution < -0.4 is 4.90 Å². The van der Waals surface area contributed by atoms with E-state index in [2.05, 4.69) is 9.97 Å². The van der Waals surface area contributed by atoms with Crippen LogP contribution in [0.1, 0.15) is 20.3 Å². The van der Waals surface area contributed by atoms with E-state index in [4.69, 9.17) is 11.6 Å². The number of anilines is 1. The third-order valence-electron chi connectivity index (χ3n) is 4.54. The number of carbonyl (C=O) groups excluding carboxylic acids is 1. The number of aromatic nitrogens is 2. The van der Waals surface area contributed by atoms with E-state index >= 15 is 0 Å². The van der Waals surface area contributed by atoms with E-state index in [-0.39, 0.29) is 11.7 Å². The monoisotopic (exact) mass is 400 g/mol. The van der Waals surface area contributed by atoms with Crippen LogP contribution in [-0.2, 0) is 4.79 Å². The third-order valence-corrected chi connectivity index (χ3v) is 4.80. The fourth-order valence-corrected chi connectivity index (χ4v) is 3.52. The van der Waals surface area contributed by atoms with Crippen LogP contribution >= 0.6 is 11.6 Å². The van der Waals surface area contributed by atoms with Crippen molar-refractivity contribution in [2.75, 3.05) is 24.5 Å². The van der Waals surface area contributed by atoms with Crippen LogP contribution in [0.15, 0.2) is 24.3 Å². The largest absolute Gasteiger partial charge is 0.406 e. The molecule has 27 heavy (non-hydrogen) atoms. The minimum atomic E-state index is -4.45. The second-order valence-corrected chi connectivity index (χ2v) is 7.31. The molecule has 9 heteroatoms. The molecular weight excluding hydrogens is 381 g/mol. The lowest BCUT2D eigenvalue weighted by Crippen LogP contribution is -2.48. The van der Waals surface area contributed by atoms with Crippen molar-refractivity contribution in [1.29, 1.82) is 0 Å². The Hall–Kier alpha value is -2.09. The normalized spacial score (nSPS) is 17.7. The van der Waals surface area contributed by atoms with Crippen LogP contribution in [-0.4, -0.2) is 52.6 Å². The van der Waals surface area contributed by atoms with Crippen LogP contribution in [0.4, 0.5) is 19.0 Å². The Morgan fingerprint density at radius 3 is 2.52 bits per heavy atom. The molecule has 1 amide bonds. The Labute approximate surface area is 160 Å². The van der Waals surface area contributed by atoms with Gasteiger partial charge in [0.1, 0.15) is 6.54 Å². The van der Waals surface area contributed by atoms with Crippen LogP contribution in [0.2, 0.25) is 5.15 Å². The summed E-state index contributed by atoms with van der Waals surface area (Å²) in [5, 5.41) is 0.201. The highest BCUT2D eigenvalue weighted by Gasteiger charge is 2.40. The number of fused-ring (bicyclic) bond motifs is 1. The molecule has 1 aliphatic rings. The molecule has 0 aliphatic carbocycles. The Bertz CT molecular complexity index is 843. The topological polar surface area (TPSA) is 49.3 Å². The van der Waals surface area contributed by atoms with E-state index in [1.165, 1.54) is 0 Å². The van der Waals surface area contributed by atoms with Crippen LogP contribution in [0.25, 0.3) is 11.0 Å². The van der Waals surface area contributed by atoms with Gasteiger partial charge in [-0.1, -0.05) is 37.6 Å². The first kappa shape index (κ1) is 19.7. The summed E-state index contributed by atoms with van der Waals surface area (Å²) in [5.74, 6) is -0.581. The maximum absolute atomic E-state index is 13.0. The first-order valence-corrected chi connectivity index (χ1v) is 9.08. The van der Waals surface area contributed by atoms with Gasteiger partial charge in [0, 0.05) is 19.0 Å². The number of rotatable bonds is 4. The maximum atomic E-state index is 13.0. The Balaban J connectivity index is 1.84. The van der Waals surface area contributed by atoms with Gasteiger partial charge in [-0.05, 0) is 18.6 Å². The molecular formula is C18H20ClF3N4O. The molecule has 1 aromatic carbocycles. The van der Waals surface area contributed by atoms with E-state index < -0.39 is 30.6 Å².